The van der Waals surface area contributed by atoms with Gasteiger partial charge in [-0.3, -0.25) is 0 Å². The smallest absolute Gasteiger partial charge is 0.335 e. The van der Waals surface area contributed by atoms with Crippen LogP contribution in [0.2, 0.25) is 0 Å². The molecule has 0 heterocycles. The molecule has 0 aliphatic heterocycles. The Balaban J connectivity index is -0.000000231. The quantitative estimate of drug-likeness (QED) is 0.126. The minimum absolute atomic E-state index is 0.0186. The Morgan fingerprint density at radius 2 is 0.705 bits per heavy atom. The first-order chi connectivity index (χ1) is 19.9. The number of rotatable bonds is 14. The molecule has 0 amide bonds. The summed E-state index contributed by atoms with van der Waals surface area (Å²) >= 11 is 0. The third-order valence-electron chi connectivity index (χ3n) is 5.37. The molecule has 0 unspecified atom stereocenters. The Morgan fingerprint density at radius 1 is 0.500 bits per heavy atom. The van der Waals surface area contributed by atoms with Crippen LogP contribution >= 0.6 is 0 Å². The Morgan fingerprint density at radius 3 is 0.818 bits per heavy atom. The van der Waals surface area contributed by atoms with E-state index in [1.165, 1.54) is 45.9 Å². The Bertz CT molecular complexity index is 728. The fourth-order valence-electron chi connectivity index (χ4n) is 2.83. The summed E-state index contributed by atoms with van der Waals surface area (Å²) in [6.07, 6.45) is 9.46. The number of carboxylic acid groups (broad SMARTS) is 2. The molecule has 262 valence electrons. The van der Waals surface area contributed by atoms with Crippen molar-refractivity contribution in [2.45, 2.75) is 156 Å². The van der Waals surface area contributed by atoms with Gasteiger partial charge in [0, 0.05) is 25.7 Å². The predicted molar refractivity (Wildman–Crippen MR) is 170 cm³/mol. The number of carbonyl (C=O) groups is 2. The van der Waals surface area contributed by atoms with E-state index in [4.69, 9.17) is 51.1 Å². The van der Waals surface area contributed by atoms with Crippen molar-refractivity contribution in [3.05, 3.63) is 35.4 Å². The van der Waals surface area contributed by atoms with Crippen molar-refractivity contribution >= 4 is 11.9 Å². The molecule has 0 bridgehead atoms. The molecule has 0 radical (unpaired) electrons. The molecule has 12 nitrogen and oxygen atoms in total. The number of hydrogen-bond acceptors (Lipinski definition) is 10. The van der Waals surface area contributed by atoms with Crippen molar-refractivity contribution in [3.63, 3.8) is 0 Å². The average Bonchev–Trinajstić information content (AvgIpc) is 2.88. The molecule has 0 saturated heterocycles. The molecular formula is C32H62O12. The maximum Gasteiger partial charge on any atom is 0.335 e. The topological polar surface area (TPSA) is 236 Å². The van der Waals surface area contributed by atoms with Crippen LogP contribution in [-0.4, -0.2) is 86.2 Å². The van der Waals surface area contributed by atoms with Crippen LogP contribution in [0.1, 0.15) is 153 Å². The van der Waals surface area contributed by atoms with Gasteiger partial charge in [-0.25, -0.2) is 9.59 Å². The molecule has 0 spiro atoms. The second-order valence-corrected chi connectivity index (χ2v) is 11.5. The molecule has 1 aromatic rings. The molecule has 1 aromatic carbocycles. The van der Waals surface area contributed by atoms with Crippen molar-refractivity contribution in [1.29, 1.82) is 0 Å². The fraction of sp³-hybridized carbons (Fsp3) is 0.750. The van der Waals surface area contributed by atoms with E-state index < -0.39 is 35.1 Å². The van der Waals surface area contributed by atoms with Gasteiger partial charge in [0.2, 0.25) is 0 Å². The standard InChI is InChI=1S/C8H6O4.4C6H14O2/c9-7(10)5-2-1-3-6(4-5)8(11)12;4*1-3-4-5-6(2,7)8/h1-4H,(H,9,10)(H,11,12);4*7-8H,3-5H2,1-2H3. The zero-order chi connectivity index (χ0) is 35.6. The van der Waals surface area contributed by atoms with Gasteiger partial charge in [-0.05, 0) is 71.6 Å². The first-order valence-electron chi connectivity index (χ1n) is 15.2. The molecule has 10 N–H and O–H groups in total. The Kier molecular flexibility index (Phi) is 28.9. The van der Waals surface area contributed by atoms with Crippen LogP contribution < -0.4 is 0 Å². The van der Waals surface area contributed by atoms with E-state index in [-0.39, 0.29) is 11.1 Å². The zero-order valence-electron chi connectivity index (χ0n) is 28.1. The fourth-order valence-corrected chi connectivity index (χ4v) is 2.83. The van der Waals surface area contributed by atoms with Gasteiger partial charge >= 0.3 is 11.9 Å². The Labute approximate surface area is 263 Å². The van der Waals surface area contributed by atoms with Crippen LogP contribution in [0, 0.1) is 0 Å². The van der Waals surface area contributed by atoms with Crippen LogP contribution in [0.5, 0.6) is 0 Å². The maximum atomic E-state index is 10.4. The van der Waals surface area contributed by atoms with E-state index in [0.717, 1.165) is 57.4 Å². The summed E-state index contributed by atoms with van der Waals surface area (Å²) < 4.78 is 0. The molecule has 12 heteroatoms. The molecule has 0 aromatic heterocycles. The minimum Gasteiger partial charge on any atom is -0.478 e. The minimum atomic E-state index is -1.45. The van der Waals surface area contributed by atoms with Gasteiger partial charge in [-0.2, -0.15) is 0 Å². The predicted octanol–water partition coefficient (Wildman–Crippen LogP) is 4.59. The number of benzene rings is 1. The number of aromatic carboxylic acids is 2. The van der Waals surface area contributed by atoms with Crippen molar-refractivity contribution in [2.75, 3.05) is 0 Å². The molecule has 0 aliphatic carbocycles. The largest absolute Gasteiger partial charge is 0.478 e. The van der Waals surface area contributed by atoms with Crippen molar-refractivity contribution in [3.8, 4) is 0 Å². The molecule has 0 atom stereocenters. The molecular weight excluding hydrogens is 576 g/mol. The van der Waals surface area contributed by atoms with Crippen molar-refractivity contribution in [1.82, 2.24) is 0 Å². The lowest BCUT2D eigenvalue weighted by atomic mass is 10.1. The molecule has 0 saturated carbocycles. The average molecular weight is 639 g/mol. The summed E-state index contributed by atoms with van der Waals surface area (Å²) in [6, 6.07) is 5.20. The number of hydrogen-bond donors (Lipinski definition) is 10. The zero-order valence-corrected chi connectivity index (χ0v) is 28.1. The molecule has 44 heavy (non-hydrogen) atoms. The van der Waals surface area contributed by atoms with E-state index in [1.807, 2.05) is 27.7 Å². The van der Waals surface area contributed by atoms with Crippen LogP contribution in [0.25, 0.3) is 0 Å². The lowest BCUT2D eigenvalue weighted by Gasteiger charge is -2.13. The van der Waals surface area contributed by atoms with E-state index in [2.05, 4.69) is 0 Å². The maximum absolute atomic E-state index is 10.4. The highest BCUT2D eigenvalue weighted by Gasteiger charge is 2.14. The highest BCUT2D eigenvalue weighted by molar-refractivity contribution is 5.93. The van der Waals surface area contributed by atoms with Crippen LogP contribution in [0.15, 0.2) is 24.3 Å². The second-order valence-electron chi connectivity index (χ2n) is 11.5. The second kappa shape index (κ2) is 26.1. The number of carboxylic acids is 2. The van der Waals surface area contributed by atoms with Gasteiger partial charge < -0.3 is 51.1 Å². The van der Waals surface area contributed by atoms with Crippen LogP contribution in [0.4, 0.5) is 0 Å². The van der Waals surface area contributed by atoms with Gasteiger partial charge in [0.05, 0.1) is 11.1 Å². The first kappa shape index (κ1) is 48.7. The van der Waals surface area contributed by atoms with Gasteiger partial charge in [0.25, 0.3) is 0 Å². The number of unbranched alkanes of at least 4 members (excludes halogenated alkanes) is 4. The van der Waals surface area contributed by atoms with E-state index in [0.29, 0.717) is 25.7 Å². The molecule has 0 fully saturated rings. The van der Waals surface area contributed by atoms with E-state index in [1.54, 1.807) is 0 Å². The summed E-state index contributed by atoms with van der Waals surface area (Å²) in [6.45, 7) is 13.7. The monoisotopic (exact) mass is 638 g/mol. The third-order valence-corrected chi connectivity index (χ3v) is 5.37. The molecule has 0 aliphatic rings. The summed E-state index contributed by atoms with van der Waals surface area (Å²) in [7, 11) is 0. The normalized spacial score (nSPS) is 11.3. The van der Waals surface area contributed by atoms with Crippen LogP contribution in [-0.2, 0) is 0 Å². The van der Waals surface area contributed by atoms with Gasteiger partial charge in [-0.15, -0.1) is 0 Å². The Hall–Kier alpha value is -2.16. The highest BCUT2D eigenvalue weighted by Crippen LogP contribution is 2.10. The summed E-state index contributed by atoms with van der Waals surface area (Å²) in [5, 5.41) is 86.6. The highest BCUT2D eigenvalue weighted by atomic mass is 16.5. The first-order valence-corrected chi connectivity index (χ1v) is 15.2. The van der Waals surface area contributed by atoms with Gasteiger partial charge in [-0.1, -0.05) is 59.4 Å². The van der Waals surface area contributed by atoms with E-state index in [9.17, 15) is 9.59 Å². The summed E-state index contributed by atoms with van der Waals surface area (Å²) in [5.41, 5.74) is -0.0372. The SMILES string of the molecule is CCCCC(C)(O)O.CCCCC(C)(O)O.CCCCC(C)(O)O.CCCCC(C)(O)O.O=C(O)c1cccc(C(=O)O)c1. The van der Waals surface area contributed by atoms with Crippen LogP contribution in [0.3, 0.4) is 0 Å². The third kappa shape index (κ3) is 46.8. The van der Waals surface area contributed by atoms with Crippen molar-refractivity contribution in [2.24, 2.45) is 0 Å². The summed E-state index contributed by atoms with van der Waals surface area (Å²) in [5.74, 6) is -8.05. The molecule has 1 rings (SSSR count). The number of aliphatic hydroxyl groups is 8. The van der Waals surface area contributed by atoms with E-state index >= 15 is 0 Å². The van der Waals surface area contributed by atoms with Gasteiger partial charge in [0.15, 0.2) is 23.1 Å². The lowest BCUT2D eigenvalue weighted by Crippen LogP contribution is -2.22. The van der Waals surface area contributed by atoms with Gasteiger partial charge in [0.1, 0.15) is 0 Å². The van der Waals surface area contributed by atoms with Crippen molar-refractivity contribution < 1.29 is 60.7 Å². The lowest BCUT2D eigenvalue weighted by molar-refractivity contribution is -0.150. The summed E-state index contributed by atoms with van der Waals surface area (Å²) in [4.78, 5) is 20.8.